The number of carbonyl (C=O) groups excluding carboxylic acids is 1. The Morgan fingerprint density at radius 2 is 1.88 bits per heavy atom. The number of nitrogens with zero attached hydrogens (tertiary/aromatic N) is 3. The number of halogens is 2. The van der Waals surface area contributed by atoms with E-state index in [1.165, 1.54) is 30.5 Å². The average Bonchev–Trinajstić information content (AvgIpc) is 2.87. The van der Waals surface area contributed by atoms with Crippen LogP contribution in [0.3, 0.4) is 0 Å². The molecule has 11 nitrogen and oxygen atoms in total. The zero-order valence-electron chi connectivity index (χ0n) is 22.6. The summed E-state index contributed by atoms with van der Waals surface area (Å²) in [6, 6.07) is 7.37. The van der Waals surface area contributed by atoms with Crippen molar-refractivity contribution in [2.75, 3.05) is 24.8 Å². The predicted octanol–water partition coefficient (Wildman–Crippen LogP) is 4.82. The lowest BCUT2D eigenvalue weighted by Gasteiger charge is -2.22. The molecular formula is C27H31F2N5O6S. The Kier molecular flexibility index (Phi) is 9.13. The van der Waals surface area contributed by atoms with Gasteiger partial charge in [-0.3, -0.25) is 4.79 Å². The zero-order valence-corrected chi connectivity index (χ0v) is 23.5. The first-order valence-corrected chi connectivity index (χ1v) is 15.1. The molecule has 220 valence electrons. The number of aromatic nitrogens is 2. The summed E-state index contributed by atoms with van der Waals surface area (Å²) < 4.78 is 55.4. The molecule has 0 fully saturated rings. The summed E-state index contributed by atoms with van der Waals surface area (Å²) in [7, 11) is -3.25. The van der Waals surface area contributed by atoms with Crippen LogP contribution in [-0.2, 0) is 20.7 Å². The highest BCUT2D eigenvalue weighted by Crippen LogP contribution is 2.34. The third kappa shape index (κ3) is 7.95. The van der Waals surface area contributed by atoms with E-state index < -0.39 is 39.8 Å². The molecule has 4 rings (SSSR count). The SMILES string of the molecule is CC(C)[C@@H](NC(=O)O)C(=O)N=[SH](C)(O)Cc1cc2nc(c1)OCCCOc1cc(F)ccc1-c1cc(ncc1F)N2. The molecule has 2 amide bonds. The molecule has 14 heteroatoms. The molecule has 0 saturated heterocycles. The van der Waals surface area contributed by atoms with E-state index in [4.69, 9.17) is 14.6 Å². The highest BCUT2D eigenvalue weighted by atomic mass is 32.3. The Hall–Kier alpha value is -4.17. The number of hydrogen-bond donors (Lipinski definition) is 5. The second-order valence-electron chi connectivity index (χ2n) is 9.92. The van der Waals surface area contributed by atoms with Crippen LogP contribution in [0.15, 0.2) is 47.0 Å². The summed E-state index contributed by atoms with van der Waals surface area (Å²) in [5.74, 6) is -1.45. The summed E-state index contributed by atoms with van der Waals surface area (Å²) in [6.45, 7) is 3.68. The number of rotatable bonds is 5. The van der Waals surface area contributed by atoms with Gasteiger partial charge in [0.1, 0.15) is 35.1 Å². The number of amides is 2. The Morgan fingerprint density at radius 1 is 1.12 bits per heavy atom. The van der Waals surface area contributed by atoms with Crippen LogP contribution >= 0.6 is 0 Å². The lowest BCUT2D eigenvalue weighted by atomic mass is 10.0. The van der Waals surface area contributed by atoms with E-state index >= 15 is 0 Å². The minimum Gasteiger partial charge on any atom is -0.493 e. The van der Waals surface area contributed by atoms with Gasteiger partial charge in [-0.15, -0.1) is 10.1 Å². The fourth-order valence-electron chi connectivity index (χ4n) is 4.19. The highest BCUT2D eigenvalue weighted by Gasteiger charge is 2.25. The Bertz CT molecular complexity index is 1510. The molecule has 0 spiro atoms. The topological polar surface area (TPSA) is 155 Å². The highest BCUT2D eigenvalue weighted by molar-refractivity contribution is 7.98. The van der Waals surface area contributed by atoms with Gasteiger partial charge in [0.25, 0.3) is 5.91 Å². The van der Waals surface area contributed by atoms with E-state index in [1.54, 1.807) is 26.0 Å². The van der Waals surface area contributed by atoms with Gasteiger partial charge >= 0.3 is 6.09 Å². The zero-order chi connectivity index (χ0) is 29.7. The molecule has 0 radical (unpaired) electrons. The van der Waals surface area contributed by atoms with Crippen LogP contribution in [-0.4, -0.2) is 57.1 Å². The summed E-state index contributed by atoms with van der Waals surface area (Å²) in [4.78, 5) is 32.4. The van der Waals surface area contributed by atoms with E-state index in [0.717, 1.165) is 6.20 Å². The molecule has 3 aromatic rings. The van der Waals surface area contributed by atoms with Crippen molar-refractivity contribution in [1.82, 2.24) is 15.3 Å². The standard InChI is InChI=1S/C27H31F2N5O6S/c1-15(2)25(33-27(36)37)26(35)34-41(3,38)14-16-9-23-31-22-12-19(20(29)13-30-22)18-6-5-17(28)11-21(18)39-7-4-8-40-24(10-16)32-23/h5-6,9-13,15,25,33,41H,4,7-8,14H2,1-3H3,(H,36,37)(H,30,31,32)(H,34,35,38)/t25-/m1/s1. The monoisotopic (exact) mass is 591 g/mol. The van der Waals surface area contributed by atoms with E-state index in [9.17, 15) is 22.9 Å². The van der Waals surface area contributed by atoms with Crippen LogP contribution in [0.2, 0.25) is 0 Å². The van der Waals surface area contributed by atoms with Crippen LogP contribution < -0.4 is 20.1 Å². The quantitative estimate of drug-likeness (QED) is 0.263. The van der Waals surface area contributed by atoms with Crippen LogP contribution in [0.1, 0.15) is 25.8 Å². The molecule has 0 aliphatic carbocycles. The largest absolute Gasteiger partial charge is 0.493 e. The number of benzene rings is 1. The lowest BCUT2D eigenvalue weighted by Crippen LogP contribution is -2.43. The van der Waals surface area contributed by atoms with E-state index in [0.29, 0.717) is 17.5 Å². The number of fused-ring (bicyclic) bond motifs is 6. The van der Waals surface area contributed by atoms with Gasteiger partial charge < -0.3 is 29.8 Å². The van der Waals surface area contributed by atoms with Gasteiger partial charge in [0, 0.05) is 35.4 Å². The summed E-state index contributed by atoms with van der Waals surface area (Å²) in [6.07, 6.45) is 1.50. The van der Waals surface area contributed by atoms with Gasteiger partial charge in [-0.25, -0.2) is 18.6 Å². The number of ether oxygens (including phenoxy) is 2. The number of pyridine rings is 2. The summed E-state index contributed by atoms with van der Waals surface area (Å²) in [5, 5.41) is 14.2. The molecule has 4 N–H and O–H groups in total. The minimum absolute atomic E-state index is 0.0334. The fourth-order valence-corrected chi connectivity index (χ4v) is 5.69. The van der Waals surface area contributed by atoms with Crippen molar-refractivity contribution in [1.29, 1.82) is 0 Å². The minimum atomic E-state index is -3.25. The first-order valence-electron chi connectivity index (χ1n) is 12.7. The molecule has 2 aromatic heterocycles. The molecule has 1 atom stereocenters. The van der Waals surface area contributed by atoms with Gasteiger partial charge in [0.05, 0.1) is 19.4 Å². The smallest absolute Gasteiger partial charge is 0.405 e. The van der Waals surface area contributed by atoms with Crippen LogP contribution in [0.5, 0.6) is 11.6 Å². The van der Waals surface area contributed by atoms with Crippen LogP contribution in [0.25, 0.3) is 11.1 Å². The number of hydrogen-bond acceptors (Lipinski definition) is 7. The number of carboxylic acid groups (broad SMARTS) is 1. The molecule has 41 heavy (non-hydrogen) atoms. The van der Waals surface area contributed by atoms with Gasteiger partial charge in [-0.1, -0.05) is 13.8 Å². The molecule has 1 aromatic carbocycles. The van der Waals surface area contributed by atoms with E-state index in [2.05, 4.69) is 25.0 Å². The normalized spacial score (nSPS) is 14.3. The van der Waals surface area contributed by atoms with Crippen molar-refractivity contribution in [3.05, 3.63) is 59.8 Å². The average molecular weight is 592 g/mol. The van der Waals surface area contributed by atoms with E-state index in [1.807, 2.05) is 0 Å². The number of anilines is 2. The van der Waals surface area contributed by atoms with Crippen molar-refractivity contribution in [3.8, 4) is 22.8 Å². The summed E-state index contributed by atoms with van der Waals surface area (Å²) in [5.41, 5.74) is 1.02. The molecule has 4 bridgehead atoms. The molecule has 1 aliphatic heterocycles. The first-order chi connectivity index (χ1) is 19.4. The van der Waals surface area contributed by atoms with Crippen LogP contribution in [0.4, 0.5) is 25.2 Å². The Morgan fingerprint density at radius 3 is 2.61 bits per heavy atom. The lowest BCUT2D eigenvalue weighted by molar-refractivity contribution is -0.120. The van der Waals surface area contributed by atoms with Gasteiger partial charge in [0.2, 0.25) is 5.88 Å². The third-order valence-electron chi connectivity index (χ3n) is 6.01. The van der Waals surface area contributed by atoms with E-state index in [-0.39, 0.29) is 53.7 Å². The maximum absolute atomic E-state index is 14.8. The maximum atomic E-state index is 14.8. The summed E-state index contributed by atoms with van der Waals surface area (Å²) >= 11 is 0. The van der Waals surface area contributed by atoms with Crippen molar-refractivity contribution in [3.63, 3.8) is 0 Å². The number of carbonyl (C=O) groups is 2. The molecular weight excluding hydrogens is 560 g/mol. The molecule has 3 heterocycles. The van der Waals surface area contributed by atoms with Crippen molar-refractivity contribution in [2.45, 2.75) is 32.1 Å². The fraction of sp³-hybridized carbons (Fsp3) is 0.333. The molecule has 0 unspecified atom stereocenters. The van der Waals surface area contributed by atoms with Gasteiger partial charge in [-0.2, -0.15) is 9.35 Å². The van der Waals surface area contributed by atoms with Crippen molar-refractivity contribution < 1.29 is 37.5 Å². The third-order valence-corrected chi connectivity index (χ3v) is 7.60. The van der Waals surface area contributed by atoms with Gasteiger partial charge in [0.15, 0.2) is 0 Å². The Labute approximate surface area is 236 Å². The molecule has 0 saturated carbocycles. The maximum Gasteiger partial charge on any atom is 0.405 e. The number of thiol groups is 1. The van der Waals surface area contributed by atoms with Crippen molar-refractivity contribution >= 4 is 33.7 Å². The second-order valence-corrected chi connectivity index (χ2v) is 12.6. The first kappa shape index (κ1) is 29.8. The predicted molar refractivity (Wildman–Crippen MR) is 151 cm³/mol. The van der Waals surface area contributed by atoms with Crippen molar-refractivity contribution in [2.24, 2.45) is 10.3 Å². The Balaban J connectivity index is 1.68. The molecule has 1 aliphatic rings. The second kappa shape index (κ2) is 12.6. The van der Waals surface area contributed by atoms with Gasteiger partial charge in [-0.05, 0) is 42.0 Å². The van der Waals surface area contributed by atoms with Crippen LogP contribution in [0, 0.1) is 17.6 Å². The number of nitrogens with one attached hydrogen (secondary N) is 2.